The summed E-state index contributed by atoms with van der Waals surface area (Å²) in [7, 11) is 2.11. The summed E-state index contributed by atoms with van der Waals surface area (Å²) in [6.45, 7) is 14.7. The first-order valence-electron chi connectivity index (χ1n) is 14.6. The fraction of sp³-hybridized carbons (Fsp3) is 0.613. The van der Waals surface area contributed by atoms with Gasteiger partial charge in [-0.25, -0.2) is 4.98 Å². The Bertz CT molecular complexity index is 1170. The summed E-state index contributed by atoms with van der Waals surface area (Å²) in [6.07, 6.45) is 3.56. The molecule has 1 aliphatic heterocycles. The predicted molar refractivity (Wildman–Crippen MR) is 165 cm³/mol. The monoisotopic (exact) mass is 588 g/mol. The second-order valence-corrected chi connectivity index (χ2v) is 12.8. The maximum absolute atomic E-state index is 13.6. The molecule has 2 heterocycles. The second kappa shape index (κ2) is 15.8. The first kappa shape index (κ1) is 32.4. The highest BCUT2D eigenvalue weighted by atomic mass is 35.5. The number of Topliss-reactive ketones (excluding diaryl/α,β-unsaturated/α-hetero) is 2. The number of hydrogen-bond donors (Lipinski definition) is 1. The number of likely N-dealkylation sites (N-methyl/N-ethyl adjacent to an activating group) is 1. The average Bonchev–Trinajstić information content (AvgIpc) is 3.32. The van der Waals surface area contributed by atoms with Crippen LogP contribution in [0.5, 0.6) is 0 Å². The number of thiazole rings is 1. The van der Waals surface area contributed by atoms with Gasteiger partial charge in [-0.05, 0) is 44.0 Å². The number of hydrogen-bond acceptors (Lipinski definition) is 7. The normalized spacial score (nSPS) is 16.9. The van der Waals surface area contributed by atoms with Gasteiger partial charge >= 0.3 is 0 Å². The number of fused-ring (bicyclic) bond motifs is 1. The van der Waals surface area contributed by atoms with Crippen molar-refractivity contribution in [2.45, 2.75) is 71.8 Å². The van der Waals surface area contributed by atoms with E-state index in [1.807, 2.05) is 19.1 Å². The molecule has 0 aliphatic carbocycles. The molecule has 1 N–H and O–H groups in total. The minimum absolute atomic E-state index is 0.0595. The Morgan fingerprint density at radius 3 is 2.55 bits per heavy atom. The van der Waals surface area contributed by atoms with E-state index in [-0.39, 0.29) is 35.9 Å². The van der Waals surface area contributed by atoms with Gasteiger partial charge in [-0.1, -0.05) is 45.4 Å². The number of carbonyl (C=O) groups is 3. The molecule has 0 radical (unpaired) electrons. The molecule has 0 saturated carbocycles. The zero-order chi connectivity index (χ0) is 29.2. The van der Waals surface area contributed by atoms with Gasteiger partial charge in [-0.3, -0.25) is 19.3 Å². The van der Waals surface area contributed by atoms with Crippen LogP contribution in [-0.2, 0) is 20.8 Å². The largest absolute Gasteiger partial charge is 0.353 e. The van der Waals surface area contributed by atoms with E-state index in [2.05, 4.69) is 42.6 Å². The lowest BCUT2D eigenvalue weighted by Crippen LogP contribution is -2.45. The molecule has 7 nitrogen and oxygen atoms in total. The van der Waals surface area contributed by atoms with Crippen molar-refractivity contribution < 1.29 is 14.4 Å². The molecule has 40 heavy (non-hydrogen) atoms. The molecule has 1 saturated heterocycles. The molecule has 1 amide bonds. The van der Waals surface area contributed by atoms with Crippen LogP contribution in [-0.4, -0.2) is 78.1 Å². The molecular weight excluding hydrogens is 544 g/mol. The van der Waals surface area contributed by atoms with E-state index in [0.717, 1.165) is 54.2 Å². The van der Waals surface area contributed by atoms with E-state index in [0.29, 0.717) is 42.8 Å². The summed E-state index contributed by atoms with van der Waals surface area (Å²) in [5.74, 6) is -0.314. The highest BCUT2D eigenvalue weighted by molar-refractivity contribution is 7.18. The van der Waals surface area contributed by atoms with Crippen LogP contribution in [0.4, 0.5) is 0 Å². The van der Waals surface area contributed by atoms with Crippen molar-refractivity contribution >= 4 is 50.6 Å². The summed E-state index contributed by atoms with van der Waals surface area (Å²) in [4.78, 5) is 48.5. The lowest BCUT2D eigenvalue weighted by atomic mass is 9.91. The third kappa shape index (κ3) is 9.75. The number of halogens is 1. The van der Waals surface area contributed by atoms with Crippen LogP contribution in [0.2, 0.25) is 5.02 Å². The predicted octanol–water partition coefficient (Wildman–Crippen LogP) is 5.55. The van der Waals surface area contributed by atoms with Gasteiger partial charge in [-0.15, -0.1) is 11.3 Å². The number of nitrogens with one attached hydrogen (secondary N) is 1. The van der Waals surface area contributed by atoms with Crippen LogP contribution < -0.4 is 5.32 Å². The number of benzene rings is 1. The summed E-state index contributed by atoms with van der Waals surface area (Å²) in [6, 6.07) is 5.40. The standard InChI is InChI=1S/C31H45ClN4O3S/c1-6-8-25(37)17-23(18-30-33-27-10-9-24(32)19-29(27)40-30)31(39)34-26(21(3)7-2)11-12-28(38)22(4)20-36-15-13-35(5)14-16-36/h9-10,19,21,23,26H,4,6-8,11-18,20H2,1-3,5H3,(H,34,39)/t21-,23-,26+/m0/s1. The van der Waals surface area contributed by atoms with Gasteiger partial charge in [0.25, 0.3) is 0 Å². The molecule has 0 spiro atoms. The fourth-order valence-electron chi connectivity index (χ4n) is 5.07. The van der Waals surface area contributed by atoms with Gasteiger partial charge in [0.15, 0.2) is 5.78 Å². The number of rotatable bonds is 16. The first-order chi connectivity index (χ1) is 19.1. The highest BCUT2D eigenvalue weighted by Crippen LogP contribution is 2.28. The SMILES string of the molecule is C=C(CN1CCN(C)CC1)C(=O)CC[C@@H](NC(=O)[C@@H](CC(=O)CCC)Cc1nc2ccc(Cl)cc2s1)[C@@H](C)CC. The van der Waals surface area contributed by atoms with Crippen LogP contribution >= 0.6 is 22.9 Å². The van der Waals surface area contributed by atoms with E-state index in [1.165, 1.54) is 11.3 Å². The molecule has 1 aromatic heterocycles. The highest BCUT2D eigenvalue weighted by Gasteiger charge is 2.28. The van der Waals surface area contributed by atoms with Crippen LogP contribution in [0.1, 0.15) is 64.3 Å². The smallest absolute Gasteiger partial charge is 0.224 e. The Labute approximate surface area is 248 Å². The van der Waals surface area contributed by atoms with E-state index in [4.69, 9.17) is 16.6 Å². The minimum atomic E-state index is -0.510. The molecular formula is C31H45ClN4O3S. The second-order valence-electron chi connectivity index (χ2n) is 11.3. The van der Waals surface area contributed by atoms with Gasteiger partial charge in [0, 0.05) is 75.0 Å². The number of aromatic nitrogens is 1. The molecule has 9 heteroatoms. The van der Waals surface area contributed by atoms with Crippen molar-refractivity contribution in [3.05, 3.63) is 40.4 Å². The molecule has 3 atom stereocenters. The molecule has 1 aromatic carbocycles. The summed E-state index contributed by atoms with van der Waals surface area (Å²) < 4.78 is 0.967. The zero-order valence-corrected chi connectivity index (χ0v) is 26.1. The van der Waals surface area contributed by atoms with Crippen molar-refractivity contribution in [2.75, 3.05) is 39.8 Å². The van der Waals surface area contributed by atoms with E-state index >= 15 is 0 Å². The number of carbonyl (C=O) groups excluding carboxylic acids is 3. The number of nitrogens with zero attached hydrogens (tertiary/aromatic N) is 3. The van der Waals surface area contributed by atoms with Gasteiger partial charge in [0.1, 0.15) is 5.78 Å². The summed E-state index contributed by atoms with van der Waals surface area (Å²) in [5, 5.41) is 4.69. The van der Waals surface area contributed by atoms with Crippen molar-refractivity contribution in [1.29, 1.82) is 0 Å². The van der Waals surface area contributed by atoms with Crippen molar-refractivity contribution in [3.63, 3.8) is 0 Å². The van der Waals surface area contributed by atoms with Crippen molar-refractivity contribution in [1.82, 2.24) is 20.1 Å². The van der Waals surface area contributed by atoms with Crippen LogP contribution in [0.3, 0.4) is 0 Å². The molecule has 220 valence electrons. The van der Waals surface area contributed by atoms with E-state index < -0.39 is 5.92 Å². The Hall–Kier alpha value is -2.13. The zero-order valence-electron chi connectivity index (χ0n) is 24.5. The maximum atomic E-state index is 13.6. The van der Waals surface area contributed by atoms with Gasteiger partial charge < -0.3 is 10.2 Å². The van der Waals surface area contributed by atoms with Gasteiger partial charge in [0.2, 0.25) is 5.91 Å². The fourth-order valence-corrected chi connectivity index (χ4v) is 6.39. The molecule has 0 bridgehead atoms. The lowest BCUT2D eigenvalue weighted by Gasteiger charge is -2.32. The third-order valence-corrected chi connectivity index (χ3v) is 9.21. The van der Waals surface area contributed by atoms with Crippen LogP contribution in [0.15, 0.2) is 30.4 Å². The average molecular weight is 589 g/mol. The summed E-state index contributed by atoms with van der Waals surface area (Å²) >= 11 is 7.66. The van der Waals surface area contributed by atoms with Crippen molar-refractivity contribution in [2.24, 2.45) is 11.8 Å². The quantitative estimate of drug-likeness (QED) is 0.259. The number of ketones is 2. The Morgan fingerprint density at radius 1 is 1.15 bits per heavy atom. The van der Waals surface area contributed by atoms with Gasteiger partial charge in [0.05, 0.1) is 21.1 Å². The van der Waals surface area contributed by atoms with Crippen LogP contribution in [0, 0.1) is 11.8 Å². The molecule has 0 unspecified atom stereocenters. The molecule has 1 fully saturated rings. The third-order valence-electron chi connectivity index (χ3n) is 7.94. The Balaban J connectivity index is 1.65. The molecule has 2 aromatic rings. The molecule has 1 aliphatic rings. The first-order valence-corrected chi connectivity index (χ1v) is 15.8. The Kier molecular flexibility index (Phi) is 12.8. The Morgan fingerprint density at radius 2 is 1.88 bits per heavy atom. The minimum Gasteiger partial charge on any atom is -0.353 e. The van der Waals surface area contributed by atoms with Crippen molar-refractivity contribution in [3.8, 4) is 0 Å². The van der Waals surface area contributed by atoms with E-state index in [1.54, 1.807) is 6.07 Å². The number of piperazine rings is 1. The van der Waals surface area contributed by atoms with E-state index in [9.17, 15) is 14.4 Å². The number of amides is 1. The topological polar surface area (TPSA) is 82.6 Å². The maximum Gasteiger partial charge on any atom is 0.224 e. The lowest BCUT2D eigenvalue weighted by molar-refractivity contribution is -0.130. The molecule has 3 rings (SSSR count). The van der Waals surface area contributed by atoms with Crippen LogP contribution in [0.25, 0.3) is 10.2 Å². The summed E-state index contributed by atoms with van der Waals surface area (Å²) in [5.41, 5.74) is 1.48. The van der Waals surface area contributed by atoms with Gasteiger partial charge in [-0.2, -0.15) is 0 Å².